The van der Waals surface area contributed by atoms with Crippen molar-refractivity contribution in [2.45, 2.75) is 58.4 Å². The van der Waals surface area contributed by atoms with E-state index < -0.39 is 0 Å². The van der Waals surface area contributed by atoms with Gasteiger partial charge < -0.3 is 9.73 Å². The summed E-state index contributed by atoms with van der Waals surface area (Å²) >= 11 is 0. The largest absolute Gasteiger partial charge is 0.443 e. The Morgan fingerprint density at radius 1 is 1.45 bits per heavy atom. The van der Waals surface area contributed by atoms with Crippen molar-refractivity contribution in [3.8, 4) is 0 Å². The number of rotatable bonds is 2. The molecular weight excluding hydrogens is 278 g/mol. The smallest absolute Gasteiger partial charge is 0.220 e. The molecule has 5 nitrogen and oxygen atoms in total. The minimum absolute atomic E-state index is 0.0180. The Morgan fingerprint density at radius 2 is 2.23 bits per heavy atom. The predicted molar refractivity (Wildman–Crippen MR) is 84.5 cm³/mol. The average Bonchev–Trinajstić information content (AvgIpc) is 3.05. The maximum atomic E-state index is 11.6. The SMILES string of the molecule is C[C@H](c1ncc(C(C)(C)C)o1)N1CCC[C@@]2(CNC(=O)C2)C1. The second-order valence-electron chi connectivity index (χ2n) is 8.02. The van der Waals surface area contributed by atoms with Crippen molar-refractivity contribution in [1.29, 1.82) is 0 Å². The lowest BCUT2D eigenvalue weighted by Crippen LogP contribution is -2.45. The molecule has 1 aromatic heterocycles. The Hall–Kier alpha value is -1.36. The Kier molecular flexibility index (Phi) is 3.79. The van der Waals surface area contributed by atoms with Crippen LogP contribution in [0.2, 0.25) is 0 Å². The number of amides is 1. The van der Waals surface area contributed by atoms with E-state index in [4.69, 9.17) is 4.42 Å². The Bertz CT molecular complexity index is 560. The molecule has 1 aromatic rings. The number of hydrogen-bond donors (Lipinski definition) is 1. The summed E-state index contributed by atoms with van der Waals surface area (Å²) in [6.07, 6.45) is 4.78. The number of hydrogen-bond acceptors (Lipinski definition) is 4. The Balaban J connectivity index is 1.73. The lowest BCUT2D eigenvalue weighted by atomic mass is 9.78. The van der Waals surface area contributed by atoms with E-state index in [1.165, 1.54) is 0 Å². The molecule has 2 aliphatic rings. The fraction of sp³-hybridized carbons (Fsp3) is 0.765. The van der Waals surface area contributed by atoms with E-state index in [1.807, 2.05) is 6.20 Å². The van der Waals surface area contributed by atoms with Crippen LogP contribution in [0.5, 0.6) is 0 Å². The highest BCUT2D eigenvalue weighted by atomic mass is 16.4. The minimum atomic E-state index is -0.0180. The molecule has 3 rings (SSSR count). The summed E-state index contributed by atoms with van der Waals surface area (Å²) in [6.45, 7) is 11.4. The highest BCUT2D eigenvalue weighted by molar-refractivity contribution is 5.79. The van der Waals surface area contributed by atoms with Gasteiger partial charge >= 0.3 is 0 Å². The van der Waals surface area contributed by atoms with Crippen LogP contribution in [0.1, 0.15) is 64.7 Å². The first-order chi connectivity index (χ1) is 10.3. The second-order valence-corrected chi connectivity index (χ2v) is 8.02. The molecule has 0 aromatic carbocycles. The number of nitrogens with zero attached hydrogens (tertiary/aromatic N) is 2. The van der Waals surface area contributed by atoms with Crippen molar-refractivity contribution < 1.29 is 9.21 Å². The lowest BCUT2D eigenvalue weighted by Gasteiger charge is -2.41. The molecule has 1 amide bonds. The van der Waals surface area contributed by atoms with Crippen molar-refractivity contribution in [1.82, 2.24) is 15.2 Å². The van der Waals surface area contributed by atoms with Crippen LogP contribution in [0.4, 0.5) is 0 Å². The molecule has 0 radical (unpaired) electrons. The molecule has 2 saturated heterocycles. The van der Waals surface area contributed by atoms with Crippen LogP contribution < -0.4 is 5.32 Å². The molecule has 1 N–H and O–H groups in total. The van der Waals surface area contributed by atoms with Crippen LogP contribution in [0.15, 0.2) is 10.6 Å². The van der Waals surface area contributed by atoms with E-state index >= 15 is 0 Å². The molecular formula is C17H27N3O2. The van der Waals surface area contributed by atoms with E-state index in [-0.39, 0.29) is 22.8 Å². The molecule has 2 atom stereocenters. The highest BCUT2D eigenvalue weighted by Crippen LogP contribution is 2.39. The van der Waals surface area contributed by atoms with Crippen molar-refractivity contribution in [3.63, 3.8) is 0 Å². The normalized spacial score (nSPS) is 28.1. The van der Waals surface area contributed by atoms with Gasteiger partial charge in [0.2, 0.25) is 11.8 Å². The molecule has 5 heteroatoms. The third kappa shape index (κ3) is 2.91. The molecule has 2 aliphatic heterocycles. The number of likely N-dealkylation sites (tertiary alicyclic amines) is 1. The van der Waals surface area contributed by atoms with Gasteiger partial charge in [-0.25, -0.2) is 4.98 Å². The molecule has 2 fully saturated rings. The number of piperidine rings is 1. The van der Waals surface area contributed by atoms with Crippen molar-refractivity contribution >= 4 is 5.91 Å². The zero-order valence-corrected chi connectivity index (χ0v) is 14.1. The Labute approximate surface area is 132 Å². The standard InChI is InChI=1S/C17H27N3O2/c1-12(15-18-9-13(22-15)16(2,3)4)20-7-5-6-17(11-20)8-14(21)19-10-17/h9,12H,5-8,10-11H2,1-4H3,(H,19,21)/t12-,17-/m1/s1. The summed E-state index contributed by atoms with van der Waals surface area (Å²) in [4.78, 5) is 18.5. The third-order valence-electron chi connectivity index (χ3n) is 5.05. The van der Waals surface area contributed by atoms with Crippen LogP contribution in [-0.4, -0.2) is 35.4 Å². The summed E-state index contributed by atoms with van der Waals surface area (Å²) in [6, 6.07) is 0.156. The Morgan fingerprint density at radius 3 is 2.82 bits per heavy atom. The summed E-state index contributed by atoms with van der Waals surface area (Å²) in [5, 5.41) is 3.00. The van der Waals surface area contributed by atoms with E-state index in [2.05, 4.69) is 42.9 Å². The highest BCUT2D eigenvalue weighted by Gasteiger charge is 2.43. The molecule has 0 aliphatic carbocycles. The lowest BCUT2D eigenvalue weighted by molar-refractivity contribution is -0.120. The molecule has 3 heterocycles. The van der Waals surface area contributed by atoms with Gasteiger partial charge in [-0.3, -0.25) is 9.69 Å². The van der Waals surface area contributed by atoms with E-state index in [0.29, 0.717) is 6.42 Å². The zero-order chi connectivity index (χ0) is 16.0. The van der Waals surface area contributed by atoms with Crippen molar-refractivity contribution in [3.05, 3.63) is 17.8 Å². The van der Waals surface area contributed by atoms with Gasteiger partial charge in [0.25, 0.3) is 0 Å². The first-order valence-corrected chi connectivity index (χ1v) is 8.26. The fourth-order valence-electron chi connectivity index (χ4n) is 3.60. The van der Waals surface area contributed by atoms with Gasteiger partial charge in [0.05, 0.1) is 12.2 Å². The number of nitrogens with one attached hydrogen (secondary N) is 1. The summed E-state index contributed by atoms with van der Waals surface area (Å²) in [7, 11) is 0. The molecule has 0 bridgehead atoms. The monoisotopic (exact) mass is 305 g/mol. The van der Waals surface area contributed by atoms with Gasteiger partial charge in [-0.05, 0) is 26.3 Å². The van der Waals surface area contributed by atoms with E-state index in [1.54, 1.807) is 0 Å². The summed E-state index contributed by atoms with van der Waals surface area (Å²) in [5.74, 6) is 1.92. The minimum Gasteiger partial charge on any atom is -0.443 e. The molecule has 22 heavy (non-hydrogen) atoms. The maximum absolute atomic E-state index is 11.6. The quantitative estimate of drug-likeness (QED) is 0.912. The van der Waals surface area contributed by atoms with Crippen molar-refractivity contribution in [2.24, 2.45) is 5.41 Å². The molecule has 1 spiro atoms. The van der Waals surface area contributed by atoms with Crippen LogP contribution in [0.25, 0.3) is 0 Å². The van der Waals surface area contributed by atoms with Crippen LogP contribution >= 0.6 is 0 Å². The fourth-order valence-corrected chi connectivity index (χ4v) is 3.60. The number of carbonyl (C=O) groups excluding carboxylic acids is 1. The first kappa shape index (κ1) is 15.5. The number of carbonyl (C=O) groups is 1. The van der Waals surface area contributed by atoms with Gasteiger partial charge in [0.15, 0.2) is 0 Å². The first-order valence-electron chi connectivity index (χ1n) is 8.26. The van der Waals surface area contributed by atoms with Crippen LogP contribution in [-0.2, 0) is 10.2 Å². The zero-order valence-electron chi connectivity index (χ0n) is 14.1. The summed E-state index contributed by atoms with van der Waals surface area (Å²) in [5.41, 5.74) is 0.0962. The molecule has 0 unspecified atom stereocenters. The molecule has 0 saturated carbocycles. The number of aromatic nitrogens is 1. The van der Waals surface area contributed by atoms with Crippen molar-refractivity contribution in [2.75, 3.05) is 19.6 Å². The second kappa shape index (κ2) is 5.37. The van der Waals surface area contributed by atoms with Crippen LogP contribution in [0, 0.1) is 5.41 Å². The topological polar surface area (TPSA) is 58.4 Å². The van der Waals surface area contributed by atoms with E-state index in [0.717, 1.165) is 44.1 Å². The van der Waals surface area contributed by atoms with Gasteiger partial charge in [0, 0.05) is 30.3 Å². The van der Waals surface area contributed by atoms with Gasteiger partial charge in [-0.1, -0.05) is 20.8 Å². The summed E-state index contributed by atoms with van der Waals surface area (Å²) < 4.78 is 6.00. The number of oxazole rings is 1. The van der Waals surface area contributed by atoms with E-state index in [9.17, 15) is 4.79 Å². The van der Waals surface area contributed by atoms with Gasteiger partial charge in [-0.2, -0.15) is 0 Å². The van der Waals surface area contributed by atoms with Crippen LogP contribution in [0.3, 0.4) is 0 Å². The van der Waals surface area contributed by atoms with Gasteiger partial charge in [0.1, 0.15) is 5.76 Å². The average molecular weight is 305 g/mol. The maximum Gasteiger partial charge on any atom is 0.220 e. The third-order valence-corrected chi connectivity index (χ3v) is 5.05. The van der Waals surface area contributed by atoms with Gasteiger partial charge in [-0.15, -0.1) is 0 Å². The predicted octanol–water partition coefficient (Wildman–Crippen LogP) is 2.64. The molecule has 122 valence electrons.